The Kier molecular flexibility index (Phi) is 6.53. The second kappa shape index (κ2) is 9.86. The van der Waals surface area contributed by atoms with Crippen molar-refractivity contribution < 1.29 is 27.5 Å². The van der Waals surface area contributed by atoms with Crippen molar-refractivity contribution in [3.05, 3.63) is 90.8 Å². The molecule has 0 unspecified atom stereocenters. The lowest BCUT2D eigenvalue weighted by molar-refractivity contribution is -0.274. The summed E-state index contributed by atoms with van der Waals surface area (Å²) in [5, 5.41) is 10.5. The van der Waals surface area contributed by atoms with Gasteiger partial charge in [0, 0.05) is 11.3 Å². The highest BCUT2D eigenvalue weighted by Gasteiger charge is 2.31. The number of nitrogens with zero attached hydrogens (tertiary/aromatic N) is 4. The molecule has 0 aliphatic rings. The van der Waals surface area contributed by atoms with Gasteiger partial charge in [0.2, 0.25) is 0 Å². The minimum absolute atomic E-state index is 0.324. The molecule has 172 valence electrons. The van der Waals surface area contributed by atoms with Crippen molar-refractivity contribution in [1.29, 1.82) is 0 Å². The molecule has 1 N–H and O–H groups in total. The number of anilines is 1. The second-order valence-electron chi connectivity index (χ2n) is 6.78. The maximum Gasteiger partial charge on any atom is 0.573 e. The van der Waals surface area contributed by atoms with E-state index in [0.717, 1.165) is 0 Å². The Morgan fingerprint density at radius 1 is 0.971 bits per heavy atom. The smallest absolute Gasteiger partial charge is 0.406 e. The molecular formula is C23H16F3N5O3. The highest BCUT2D eigenvalue weighted by molar-refractivity contribution is 5.86. The third-order valence-corrected chi connectivity index (χ3v) is 4.35. The summed E-state index contributed by atoms with van der Waals surface area (Å²) in [5.74, 6) is 0.0907. The summed E-state index contributed by atoms with van der Waals surface area (Å²) in [7, 11) is 0. The zero-order valence-corrected chi connectivity index (χ0v) is 17.3. The fourth-order valence-corrected chi connectivity index (χ4v) is 2.84. The highest BCUT2D eigenvalue weighted by atomic mass is 19.4. The molecule has 34 heavy (non-hydrogen) atoms. The van der Waals surface area contributed by atoms with E-state index in [9.17, 15) is 18.0 Å². The number of rotatable bonds is 6. The molecule has 4 aromatic rings. The number of benzene rings is 3. The van der Waals surface area contributed by atoms with E-state index in [4.69, 9.17) is 4.84 Å². The molecule has 0 aliphatic heterocycles. The highest BCUT2D eigenvalue weighted by Crippen LogP contribution is 2.24. The van der Waals surface area contributed by atoms with E-state index >= 15 is 0 Å². The number of hydrogen-bond acceptors (Lipinski definition) is 6. The van der Waals surface area contributed by atoms with Crippen molar-refractivity contribution in [2.45, 2.75) is 6.36 Å². The first-order chi connectivity index (χ1) is 16.4. The Bertz CT molecular complexity index is 1270. The van der Waals surface area contributed by atoms with E-state index in [1.165, 1.54) is 41.5 Å². The molecule has 0 fully saturated rings. The molecule has 1 amide bonds. The predicted molar refractivity (Wildman–Crippen MR) is 118 cm³/mol. The molecule has 4 rings (SSSR count). The number of alkyl halides is 3. The lowest BCUT2D eigenvalue weighted by atomic mass is 10.1. The Morgan fingerprint density at radius 2 is 1.68 bits per heavy atom. The molecule has 0 saturated carbocycles. The molecule has 3 aromatic carbocycles. The van der Waals surface area contributed by atoms with Crippen LogP contribution in [0.15, 0.2) is 90.3 Å². The van der Waals surface area contributed by atoms with Gasteiger partial charge in [-0.3, -0.25) is 10.2 Å². The molecule has 0 saturated heterocycles. The Labute approximate surface area is 191 Å². The molecule has 0 bridgehead atoms. The first-order valence-electron chi connectivity index (χ1n) is 9.80. The van der Waals surface area contributed by atoms with Crippen LogP contribution in [0.3, 0.4) is 0 Å². The van der Waals surface area contributed by atoms with Gasteiger partial charge in [-0.05, 0) is 42.0 Å². The Morgan fingerprint density at radius 3 is 2.35 bits per heavy atom. The molecular weight excluding hydrogens is 451 g/mol. The topological polar surface area (TPSA) is 90.6 Å². The zero-order valence-electron chi connectivity index (χ0n) is 17.3. The van der Waals surface area contributed by atoms with Crippen molar-refractivity contribution in [3.8, 4) is 22.8 Å². The number of nitrogens with one attached hydrogen (secondary N) is 1. The lowest BCUT2D eigenvalue weighted by Gasteiger charge is -2.09. The number of amides is 1. The predicted octanol–water partition coefficient (Wildman–Crippen LogP) is 5.42. The average molecular weight is 467 g/mol. The summed E-state index contributed by atoms with van der Waals surface area (Å²) in [4.78, 5) is 20.7. The fraction of sp³-hybridized carbons (Fsp3) is 0.0435. The van der Waals surface area contributed by atoms with Crippen LogP contribution in [0, 0.1) is 0 Å². The molecule has 8 nitrogen and oxygen atoms in total. The van der Waals surface area contributed by atoms with Crippen LogP contribution in [-0.2, 0) is 4.84 Å². The SMILES string of the molecule is O=C(Nc1ccccc1)O/N=C/c1ccc(-c2ncn(-c3ccc(OC(F)(F)F)cc3)n2)cc1. The summed E-state index contributed by atoms with van der Waals surface area (Å²) in [6, 6.07) is 21.1. The molecule has 1 aromatic heterocycles. The number of aromatic nitrogens is 3. The van der Waals surface area contributed by atoms with Crippen molar-refractivity contribution in [1.82, 2.24) is 14.8 Å². The van der Waals surface area contributed by atoms with Crippen LogP contribution in [-0.4, -0.2) is 33.4 Å². The molecule has 11 heteroatoms. The molecule has 0 radical (unpaired) electrons. The summed E-state index contributed by atoms with van der Waals surface area (Å²) in [6.07, 6.45) is -2.64. The van der Waals surface area contributed by atoms with Crippen molar-refractivity contribution in [3.63, 3.8) is 0 Å². The maximum absolute atomic E-state index is 12.3. The van der Waals surface area contributed by atoms with Gasteiger partial charge in [0.25, 0.3) is 0 Å². The van der Waals surface area contributed by atoms with Gasteiger partial charge in [-0.2, -0.15) is 0 Å². The summed E-state index contributed by atoms with van der Waals surface area (Å²) in [5.41, 5.74) is 2.49. The van der Waals surface area contributed by atoms with Crippen LogP contribution in [0.25, 0.3) is 17.1 Å². The standard InChI is InChI=1S/C23H16F3N5O3/c24-23(25,26)33-20-12-10-19(11-13-20)31-15-27-21(30-31)17-8-6-16(7-9-17)14-28-34-22(32)29-18-4-2-1-3-5-18/h1-15H,(H,29,32)/b28-14+. The number of para-hydroxylation sites is 1. The normalized spacial score (nSPS) is 11.4. The van der Waals surface area contributed by atoms with Gasteiger partial charge in [0.15, 0.2) is 5.82 Å². The summed E-state index contributed by atoms with van der Waals surface area (Å²) >= 11 is 0. The first kappa shape index (κ1) is 22.5. The van der Waals surface area contributed by atoms with Crippen molar-refractivity contribution >= 4 is 18.0 Å². The third-order valence-electron chi connectivity index (χ3n) is 4.35. The summed E-state index contributed by atoms with van der Waals surface area (Å²) < 4.78 is 42.1. The van der Waals surface area contributed by atoms with E-state index in [0.29, 0.717) is 28.3 Å². The van der Waals surface area contributed by atoms with Crippen LogP contribution < -0.4 is 10.1 Å². The van der Waals surface area contributed by atoms with Crippen LogP contribution in [0.5, 0.6) is 5.75 Å². The van der Waals surface area contributed by atoms with Crippen LogP contribution in [0.1, 0.15) is 5.56 Å². The number of hydrogen-bond donors (Lipinski definition) is 1. The van der Waals surface area contributed by atoms with E-state index < -0.39 is 12.5 Å². The molecule has 1 heterocycles. The van der Waals surface area contributed by atoms with Gasteiger partial charge in [0.1, 0.15) is 12.1 Å². The first-order valence-corrected chi connectivity index (χ1v) is 9.80. The number of carbonyl (C=O) groups is 1. The summed E-state index contributed by atoms with van der Waals surface area (Å²) in [6.45, 7) is 0. The maximum atomic E-state index is 12.3. The minimum Gasteiger partial charge on any atom is -0.406 e. The zero-order chi connectivity index (χ0) is 24.0. The second-order valence-corrected chi connectivity index (χ2v) is 6.78. The van der Waals surface area contributed by atoms with Gasteiger partial charge in [-0.25, -0.2) is 14.5 Å². The van der Waals surface area contributed by atoms with E-state index in [1.54, 1.807) is 48.5 Å². The lowest BCUT2D eigenvalue weighted by Crippen LogP contribution is -2.17. The monoisotopic (exact) mass is 467 g/mol. The van der Waals surface area contributed by atoms with Crippen LogP contribution in [0.2, 0.25) is 0 Å². The average Bonchev–Trinajstić information content (AvgIpc) is 3.30. The third kappa shape index (κ3) is 6.19. The molecule has 0 aliphatic carbocycles. The van der Waals surface area contributed by atoms with Gasteiger partial charge in [-0.15, -0.1) is 18.3 Å². The van der Waals surface area contributed by atoms with E-state index in [2.05, 4.69) is 25.3 Å². The van der Waals surface area contributed by atoms with Gasteiger partial charge in [-0.1, -0.05) is 47.6 Å². The number of halogens is 3. The fourth-order valence-electron chi connectivity index (χ4n) is 2.84. The van der Waals surface area contributed by atoms with Gasteiger partial charge in [0.05, 0.1) is 11.9 Å². The number of ether oxygens (including phenoxy) is 1. The van der Waals surface area contributed by atoms with Gasteiger partial charge >= 0.3 is 12.5 Å². The van der Waals surface area contributed by atoms with Crippen molar-refractivity contribution in [2.24, 2.45) is 5.16 Å². The van der Waals surface area contributed by atoms with E-state index in [1.807, 2.05) is 6.07 Å². The van der Waals surface area contributed by atoms with Crippen molar-refractivity contribution in [2.75, 3.05) is 5.32 Å². The van der Waals surface area contributed by atoms with Gasteiger partial charge < -0.3 is 4.74 Å². The minimum atomic E-state index is -4.75. The largest absolute Gasteiger partial charge is 0.573 e. The van der Waals surface area contributed by atoms with Crippen LogP contribution >= 0.6 is 0 Å². The Hall–Kier alpha value is -4.67. The molecule has 0 spiro atoms. The number of carbonyl (C=O) groups excluding carboxylic acids is 1. The number of oxime groups is 1. The van der Waals surface area contributed by atoms with E-state index in [-0.39, 0.29) is 5.75 Å². The quantitative estimate of drug-likeness (QED) is 0.232. The van der Waals surface area contributed by atoms with Crippen LogP contribution in [0.4, 0.5) is 23.7 Å². The molecule has 0 atom stereocenters. The Balaban J connectivity index is 1.35.